The van der Waals surface area contributed by atoms with Gasteiger partial charge < -0.3 is 30.7 Å². The van der Waals surface area contributed by atoms with Crippen molar-refractivity contribution in [2.24, 2.45) is 5.92 Å². The lowest BCUT2D eigenvalue weighted by atomic mass is 9.92. The molecule has 4 N–H and O–H groups in total. The maximum Gasteiger partial charge on any atom is 0.318 e. The van der Waals surface area contributed by atoms with E-state index in [1.807, 2.05) is 0 Å². The fourth-order valence-electron chi connectivity index (χ4n) is 4.82. The van der Waals surface area contributed by atoms with Gasteiger partial charge in [0.25, 0.3) is 5.91 Å². The maximum absolute atomic E-state index is 14.3. The van der Waals surface area contributed by atoms with Crippen molar-refractivity contribution < 1.29 is 47.5 Å². The molecule has 0 spiro atoms. The topological polar surface area (TPSA) is 120 Å². The number of aryl methyl sites for hydroxylation is 2. The number of amides is 4. The molecule has 3 aromatic carbocycles. The van der Waals surface area contributed by atoms with Crippen molar-refractivity contribution in [2.75, 3.05) is 19.6 Å². The highest BCUT2D eigenvalue weighted by atomic mass is 16.5. The molecule has 4 atom stereocenters. The average molecular weight is 646 g/mol. The van der Waals surface area contributed by atoms with Crippen LogP contribution in [0.15, 0.2) is 78.6 Å². The number of rotatable bonds is 15. The summed E-state index contributed by atoms with van der Waals surface area (Å²) in [4.78, 5) is 42.4. The molecule has 0 saturated carbocycles. The molecule has 0 radical (unpaired) electrons. The third-order valence-electron chi connectivity index (χ3n) is 6.94. The van der Waals surface area contributed by atoms with Crippen LogP contribution in [0, 0.1) is 19.8 Å². The van der Waals surface area contributed by atoms with Crippen LogP contribution in [0.1, 0.15) is 72.2 Å². The van der Waals surface area contributed by atoms with Gasteiger partial charge in [-0.1, -0.05) is 92.5 Å². The van der Waals surface area contributed by atoms with Gasteiger partial charge >= 0.3 is 6.03 Å². The van der Waals surface area contributed by atoms with Gasteiger partial charge in [0.05, 0.1) is 29.9 Å². The van der Waals surface area contributed by atoms with E-state index in [-0.39, 0.29) is 18.8 Å². The highest BCUT2D eigenvalue weighted by Gasteiger charge is 2.35. The summed E-state index contributed by atoms with van der Waals surface area (Å²) in [5.41, 5.74) is -1.68. The molecule has 1 heterocycles. The Labute approximate surface area is 296 Å². The number of ether oxygens (including phenoxy) is 1. The molecule has 46 heavy (non-hydrogen) atoms. The highest BCUT2D eigenvalue weighted by Crippen LogP contribution is 2.22. The zero-order chi connectivity index (χ0) is 48.1. The van der Waals surface area contributed by atoms with Gasteiger partial charge in [0, 0.05) is 24.6 Å². The minimum absolute atomic E-state index is 0.0531. The number of hydrogen-bond donors (Lipinski definition) is 4. The number of benzene rings is 3. The zero-order valence-corrected chi connectivity index (χ0v) is 25.9. The number of aliphatic hydroxyl groups is 1. The Bertz CT molecular complexity index is 2220. The predicted molar refractivity (Wildman–Crippen MR) is 180 cm³/mol. The van der Waals surface area contributed by atoms with E-state index in [9.17, 15) is 26.3 Å². The number of para-hydroxylation sites is 1. The average Bonchev–Trinajstić information content (AvgIpc) is 3.19. The van der Waals surface area contributed by atoms with E-state index in [1.165, 1.54) is 26.0 Å². The lowest BCUT2D eigenvalue weighted by Gasteiger charge is -2.37. The number of hydrogen-bond acceptors (Lipinski definition) is 5. The molecule has 246 valence electrons. The van der Waals surface area contributed by atoms with Crippen LogP contribution in [0.25, 0.3) is 0 Å². The van der Waals surface area contributed by atoms with Gasteiger partial charge in [-0.3, -0.25) is 9.59 Å². The molecule has 0 aromatic heterocycles. The molecule has 3 aromatic rings. The van der Waals surface area contributed by atoms with E-state index in [0.717, 1.165) is 4.90 Å². The second-order valence-electron chi connectivity index (χ2n) is 10.8. The standard InChI is InChI=1S/C37H48N4O5/c1-25(2)34(41-20-12-19-38-37(41)45)36(44)39-30(21-28-15-7-5-8-16-28)23-32(42)31(22-29-17-9-6-10-18-29)40-33(43)24-46-35-26(3)13-11-14-27(35)4/h5-11,13-18,25,30-32,34,42H,12,19-24H2,1-4H3,(H,38,45)(H,39,44)(H,40,43)/t30-,31-,32-,34-/m0/s1/i5D,6D,7D,8D,9D,10D,15D,16D,17D,18D,21D2,22D2,24D2,31D. The Balaban J connectivity index is 1.99. The number of carbonyl (C=O) groups excluding carboxylic acids is 3. The minimum Gasteiger partial charge on any atom is -0.483 e. The van der Waals surface area contributed by atoms with Crippen LogP contribution < -0.4 is 20.7 Å². The summed E-state index contributed by atoms with van der Waals surface area (Å²) >= 11 is 0. The Hall–Kier alpha value is -4.37. The number of nitrogens with zero attached hydrogens (tertiary/aromatic N) is 1. The molecule has 1 aliphatic rings. The summed E-state index contributed by atoms with van der Waals surface area (Å²) < 4.78 is 152. The van der Waals surface area contributed by atoms with E-state index < -0.39 is 145 Å². The number of nitrogens with one attached hydrogen (secondary N) is 3. The third-order valence-corrected chi connectivity index (χ3v) is 6.94. The molecular formula is C37H48N4O5. The molecule has 1 fully saturated rings. The molecule has 0 unspecified atom stereocenters. The number of aliphatic hydroxyl groups excluding tert-OH is 1. The first-order valence-corrected chi connectivity index (χ1v) is 14.6. The SMILES string of the molecule is [2H]c1c([2H])c([2H])c(C([2H])([2H])[C@@H](C[C@H](O)[C@@]([2H])(NC(=O)C([2H])([2H])Oc2c(C)cccc2C)C([2H])([2H])c2c([2H])c([2H])c([2H])c([2H])c2[2H])NC(=O)[C@H](C(C)C)N2CCCNC2=O)c([2H])c1[2H]. The van der Waals surface area contributed by atoms with Gasteiger partial charge in [0.1, 0.15) is 11.8 Å². The van der Waals surface area contributed by atoms with Crippen LogP contribution in [0.3, 0.4) is 0 Å². The first-order valence-electron chi connectivity index (χ1n) is 23.1. The molecule has 1 aliphatic heterocycles. The normalized spacial score (nSPS) is 22.7. The van der Waals surface area contributed by atoms with Crippen molar-refractivity contribution in [1.82, 2.24) is 20.9 Å². The van der Waals surface area contributed by atoms with Gasteiger partial charge in [0.15, 0.2) is 6.56 Å². The van der Waals surface area contributed by atoms with E-state index in [2.05, 4.69) is 10.6 Å². The van der Waals surface area contributed by atoms with Crippen molar-refractivity contribution in [3.05, 3.63) is 101 Å². The summed E-state index contributed by atoms with van der Waals surface area (Å²) in [5, 5.41) is 18.9. The molecule has 0 bridgehead atoms. The Kier molecular flexibility index (Phi) is 6.61. The Morgan fingerprint density at radius 2 is 1.63 bits per heavy atom. The lowest BCUT2D eigenvalue weighted by molar-refractivity contribution is -0.128. The highest BCUT2D eigenvalue weighted by molar-refractivity contribution is 5.87. The maximum atomic E-state index is 14.3. The van der Waals surface area contributed by atoms with E-state index in [0.29, 0.717) is 17.5 Å². The van der Waals surface area contributed by atoms with Gasteiger partial charge in [-0.25, -0.2) is 4.79 Å². The largest absolute Gasteiger partial charge is 0.483 e. The minimum atomic E-state index is -3.85. The summed E-state index contributed by atoms with van der Waals surface area (Å²) in [6, 6.07) is -14.4. The van der Waals surface area contributed by atoms with Gasteiger partial charge in [0.2, 0.25) is 5.91 Å². The van der Waals surface area contributed by atoms with E-state index in [1.54, 1.807) is 25.2 Å². The van der Waals surface area contributed by atoms with Crippen LogP contribution in [0.5, 0.6) is 5.75 Å². The molecule has 1 saturated heterocycles. The summed E-state index contributed by atoms with van der Waals surface area (Å²) in [7, 11) is 0. The second-order valence-corrected chi connectivity index (χ2v) is 10.8. The Morgan fingerprint density at radius 3 is 2.22 bits per heavy atom. The fourth-order valence-corrected chi connectivity index (χ4v) is 4.82. The summed E-state index contributed by atoms with van der Waals surface area (Å²) in [6.45, 7) is 2.96. The van der Waals surface area contributed by atoms with Crippen LogP contribution in [0.2, 0.25) is 0 Å². The second kappa shape index (κ2) is 16.8. The van der Waals surface area contributed by atoms with Crippen molar-refractivity contribution in [3.63, 3.8) is 0 Å². The number of urea groups is 1. The molecular weight excluding hydrogens is 580 g/mol. The summed E-state index contributed by atoms with van der Waals surface area (Å²) in [6.07, 6.45) is -11.2. The zero-order valence-electron chi connectivity index (χ0n) is 42.9. The van der Waals surface area contributed by atoms with Crippen LogP contribution in [-0.4, -0.2) is 71.7 Å². The van der Waals surface area contributed by atoms with Gasteiger partial charge in [-0.15, -0.1) is 0 Å². The first kappa shape index (κ1) is 18.1. The van der Waals surface area contributed by atoms with Crippen LogP contribution in [0.4, 0.5) is 4.79 Å². The van der Waals surface area contributed by atoms with Crippen molar-refractivity contribution in [3.8, 4) is 5.75 Å². The van der Waals surface area contributed by atoms with Crippen molar-refractivity contribution >= 4 is 17.8 Å². The van der Waals surface area contributed by atoms with Crippen LogP contribution >= 0.6 is 0 Å². The molecule has 9 nitrogen and oxygen atoms in total. The van der Waals surface area contributed by atoms with Crippen molar-refractivity contribution in [2.45, 2.75) is 77.5 Å². The monoisotopic (exact) mass is 645 g/mol. The molecule has 9 heteroatoms. The van der Waals surface area contributed by atoms with E-state index in [4.69, 9.17) is 21.2 Å². The predicted octanol–water partition coefficient (Wildman–Crippen LogP) is 4.33. The number of carbonyl (C=O) groups is 3. The molecule has 4 amide bonds. The van der Waals surface area contributed by atoms with Crippen molar-refractivity contribution in [1.29, 1.82) is 0 Å². The molecule has 0 aliphatic carbocycles. The smallest absolute Gasteiger partial charge is 0.318 e. The first-order chi connectivity index (χ1) is 28.9. The quantitative estimate of drug-likeness (QED) is 0.196. The summed E-state index contributed by atoms with van der Waals surface area (Å²) in [5.74, 6) is -3.89. The van der Waals surface area contributed by atoms with Gasteiger partial charge in [-0.05, 0) is 67.6 Å². The third kappa shape index (κ3) is 9.81. The van der Waals surface area contributed by atoms with E-state index >= 15 is 0 Å². The Morgan fingerprint density at radius 1 is 1.02 bits per heavy atom. The lowest BCUT2D eigenvalue weighted by Crippen LogP contribution is -2.59. The van der Waals surface area contributed by atoms with Crippen LogP contribution in [-0.2, 0) is 22.3 Å². The fraction of sp³-hybridized carbons (Fsp3) is 0.432. The molecule has 4 rings (SSSR count). The van der Waals surface area contributed by atoms with Gasteiger partial charge in [-0.2, -0.15) is 0 Å².